The van der Waals surface area contributed by atoms with E-state index in [-0.39, 0.29) is 24.8 Å². The second-order valence-corrected chi connectivity index (χ2v) is 9.55. The number of nitrogens with zero attached hydrogens (tertiary/aromatic N) is 3. The molecule has 0 bridgehead atoms. The molecule has 0 aliphatic carbocycles. The lowest BCUT2D eigenvalue weighted by Gasteiger charge is -2.22. The van der Waals surface area contributed by atoms with Gasteiger partial charge in [-0.2, -0.15) is 0 Å². The standard InChI is InChI=1S/C30H31ClN4O3/c1-21-9-14-26(17-22(21)2)35-19-27(24-10-12-25(31)13-11-24)32-30(35)33-28(36)20-34(15-16-38-3)29(37)18-23-7-5-4-6-8-23/h4-14,17,19H,15-16,18,20H2,1-3H3,(H,32,33,36). The van der Waals surface area contributed by atoms with Crippen LogP contribution in [0, 0.1) is 13.8 Å². The smallest absolute Gasteiger partial charge is 0.246 e. The van der Waals surface area contributed by atoms with E-state index in [2.05, 4.69) is 12.2 Å². The summed E-state index contributed by atoms with van der Waals surface area (Å²) in [5.74, 6) is -0.131. The monoisotopic (exact) mass is 530 g/mol. The third kappa shape index (κ3) is 6.88. The summed E-state index contributed by atoms with van der Waals surface area (Å²) in [7, 11) is 1.57. The molecular formula is C30H31ClN4O3. The van der Waals surface area contributed by atoms with Gasteiger partial charge in [-0.1, -0.05) is 60.1 Å². The van der Waals surface area contributed by atoms with Crippen LogP contribution in [0.15, 0.2) is 79.0 Å². The van der Waals surface area contributed by atoms with Gasteiger partial charge in [0.2, 0.25) is 17.8 Å². The number of imidazole rings is 1. The van der Waals surface area contributed by atoms with E-state index >= 15 is 0 Å². The van der Waals surface area contributed by atoms with Crippen LogP contribution in [0.2, 0.25) is 5.02 Å². The number of benzene rings is 3. The molecule has 1 aromatic heterocycles. The van der Waals surface area contributed by atoms with Crippen LogP contribution in [0.5, 0.6) is 0 Å². The van der Waals surface area contributed by atoms with E-state index < -0.39 is 0 Å². The third-order valence-corrected chi connectivity index (χ3v) is 6.57. The summed E-state index contributed by atoms with van der Waals surface area (Å²) in [6, 6.07) is 22.9. The maximum Gasteiger partial charge on any atom is 0.246 e. The average Bonchev–Trinajstić information content (AvgIpc) is 3.32. The van der Waals surface area contributed by atoms with Crippen molar-refractivity contribution in [2.24, 2.45) is 0 Å². The Kier molecular flexibility index (Phi) is 8.94. The Morgan fingerprint density at radius 3 is 2.42 bits per heavy atom. The number of rotatable bonds is 10. The van der Waals surface area contributed by atoms with Crippen LogP contribution in [-0.2, 0) is 20.7 Å². The molecule has 7 nitrogen and oxygen atoms in total. The lowest BCUT2D eigenvalue weighted by atomic mass is 10.1. The fourth-order valence-corrected chi connectivity index (χ4v) is 4.14. The molecule has 1 N–H and O–H groups in total. The van der Waals surface area contributed by atoms with Crippen molar-refractivity contribution in [2.75, 3.05) is 32.1 Å². The van der Waals surface area contributed by atoms with Gasteiger partial charge in [-0.3, -0.25) is 19.5 Å². The number of hydrogen-bond donors (Lipinski definition) is 1. The van der Waals surface area contributed by atoms with Crippen molar-refractivity contribution < 1.29 is 14.3 Å². The second-order valence-electron chi connectivity index (χ2n) is 9.11. The van der Waals surface area contributed by atoms with E-state index in [1.807, 2.05) is 78.4 Å². The first-order chi connectivity index (χ1) is 18.3. The van der Waals surface area contributed by atoms with Crippen LogP contribution in [0.4, 0.5) is 5.95 Å². The van der Waals surface area contributed by atoms with Crippen LogP contribution in [0.3, 0.4) is 0 Å². The maximum atomic E-state index is 13.2. The van der Waals surface area contributed by atoms with Gasteiger partial charge in [-0.05, 0) is 54.8 Å². The van der Waals surface area contributed by atoms with E-state index in [9.17, 15) is 9.59 Å². The summed E-state index contributed by atoms with van der Waals surface area (Å²) in [4.78, 5) is 32.5. The number of nitrogens with one attached hydrogen (secondary N) is 1. The molecule has 196 valence electrons. The van der Waals surface area contributed by atoms with E-state index in [4.69, 9.17) is 21.3 Å². The van der Waals surface area contributed by atoms with Gasteiger partial charge in [-0.25, -0.2) is 4.98 Å². The lowest BCUT2D eigenvalue weighted by molar-refractivity contribution is -0.134. The zero-order valence-corrected chi connectivity index (χ0v) is 22.5. The predicted octanol–water partition coefficient (Wildman–Crippen LogP) is 5.47. The molecule has 0 radical (unpaired) electrons. The molecule has 0 spiro atoms. The Morgan fingerprint density at radius 1 is 1.00 bits per heavy atom. The number of carbonyl (C=O) groups is 2. The van der Waals surface area contributed by atoms with Crippen molar-refractivity contribution in [1.82, 2.24) is 14.5 Å². The molecule has 0 fully saturated rings. The maximum absolute atomic E-state index is 13.2. The minimum absolute atomic E-state index is 0.120. The molecule has 1 heterocycles. The van der Waals surface area contributed by atoms with E-state index in [0.29, 0.717) is 29.8 Å². The van der Waals surface area contributed by atoms with Crippen LogP contribution in [0.25, 0.3) is 16.9 Å². The highest BCUT2D eigenvalue weighted by molar-refractivity contribution is 6.30. The highest BCUT2D eigenvalue weighted by atomic mass is 35.5. The topological polar surface area (TPSA) is 76.5 Å². The van der Waals surface area contributed by atoms with Crippen molar-refractivity contribution >= 4 is 29.4 Å². The quantitative estimate of drug-likeness (QED) is 0.295. The Labute approximate surface area is 228 Å². The number of aromatic nitrogens is 2. The zero-order valence-electron chi connectivity index (χ0n) is 21.8. The van der Waals surface area contributed by atoms with Gasteiger partial charge >= 0.3 is 0 Å². The number of halogens is 1. The number of ether oxygens (including phenoxy) is 1. The van der Waals surface area contributed by atoms with Gasteiger partial charge < -0.3 is 9.64 Å². The summed E-state index contributed by atoms with van der Waals surface area (Å²) in [5.41, 5.74) is 5.60. The van der Waals surface area contributed by atoms with Gasteiger partial charge in [0, 0.05) is 36.1 Å². The summed E-state index contributed by atoms with van der Waals surface area (Å²) in [6.07, 6.45) is 2.09. The summed E-state index contributed by atoms with van der Waals surface area (Å²) in [6.45, 7) is 4.60. The fraction of sp³-hybridized carbons (Fsp3) is 0.233. The van der Waals surface area contributed by atoms with Gasteiger partial charge in [0.25, 0.3) is 0 Å². The second kappa shape index (κ2) is 12.5. The highest BCUT2D eigenvalue weighted by Crippen LogP contribution is 2.26. The van der Waals surface area contributed by atoms with Crippen molar-refractivity contribution in [3.8, 4) is 16.9 Å². The molecule has 0 saturated carbocycles. The van der Waals surface area contributed by atoms with Crippen LogP contribution < -0.4 is 5.32 Å². The average molecular weight is 531 g/mol. The number of carbonyl (C=O) groups excluding carboxylic acids is 2. The minimum atomic E-state index is -0.346. The molecule has 8 heteroatoms. The van der Waals surface area contributed by atoms with Crippen molar-refractivity contribution in [1.29, 1.82) is 0 Å². The largest absolute Gasteiger partial charge is 0.383 e. The van der Waals surface area contributed by atoms with Gasteiger partial charge in [0.05, 0.1) is 18.7 Å². The minimum Gasteiger partial charge on any atom is -0.383 e. The zero-order chi connectivity index (χ0) is 27.1. The molecule has 2 amide bonds. The number of methoxy groups -OCH3 is 1. The van der Waals surface area contributed by atoms with Gasteiger partial charge in [-0.15, -0.1) is 0 Å². The molecule has 0 aliphatic heterocycles. The lowest BCUT2D eigenvalue weighted by Crippen LogP contribution is -2.41. The molecule has 4 aromatic rings. The first-order valence-electron chi connectivity index (χ1n) is 12.4. The molecule has 0 unspecified atom stereocenters. The van der Waals surface area contributed by atoms with E-state index in [1.165, 1.54) is 10.5 Å². The van der Waals surface area contributed by atoms with Crippen LogP contribution in [0.1, 0.15) is 16.7 Å². The number of aryl methyl sites for hydroxylation is 2. The van der Waals surface area contributed by atoms with E-state index in [0.717, 1.165) is 22.4 Å². The molecular weight excluding hydrogens is 500 g/mol. The van der Waals surface area contributed by atoms with Crippen molar-refractivity contribution in [3.05, 3.63) is 101 Å². The number of amides is 2. The Morgan fingerprint density at radius 2 is 1.74 bits per heavy atom. The van der Waals surface area contributed by atoms with Crippen molar-refractivity contribution in [2.45, 2.75) is 20.3 Å². The summed E-state index contributed by atoms with van der Waals surface area (Å²) in [5, 5.41) is 3.55. The Bertz CT molecular complexity index is 1400. The molecule has 0 aliphatic rings. The Balaban J connectivity index is 1.59. The normalized spacial score (nSPS) is 10.8. The van der Waals surface area contributed by atoms with E-state index in [1.54, 1.807) is 19.2 Å². The van der Waals surface area contributed by atoms with Crippen molar-refractivity contribution in [3.63, 3.8) is 0 Å². The SMILES string of the molecule is COCCN(CC(=O)Nc1nc(-c2ccc(Cl)cc2)cn1-c1ccc(C)c(C)c1)C(=O)Cc1ccccc1. The third-order valence-electron chi connectivity index (χ3n) is 6.32. The fourth-order valence-electron chi connectivity index (χ4n) is 4.01. The van der Waals surface area contributed by atoms with Gasteiger partial charge in [0.1, 0.15) is 6.54 Å². The molecule has 3 aromatic carbocycles. The summed E-state index contributed by atoms with van der Waals surface area (Å²) < 4.78 is 7.03. The number of anilines is 1. The predicted molar refractivity (Wildman–Crippen MR) is 151 cm³/mol. The highest BCUT2D eigenvalue weighted by Gasteiger charge is 2.20. The number of hydrogen-bond acceptors (Lipinski definition) is 4. The van der Waals surface area contributed by atoms with Gasteiger partial charge in [0.15, 0.2) is 0 Å². The molecule has 0 atom stereocenters. The van der Waals surface area contributed by atoms with Crippen LogP contribution in [-0.4, -0.2) is 53.1 Å². The molecule has 38 heavy (non-hydrogen) atoms. The first-order valence-corrected chi connectivity index (χ1v) is 12.8. The first kappa shape index (κ1) is 27.1. The summed E-state index contributed by atoms with van der Waals surface area (Å²) >= 11 is 6.07. The molecule has 4 rings (SSSR count). The molecule has 0 saturated heterocycles. The van der Waals surface area contributed by atoms with Crippen LogP contribution >= 0.6 is 11.6 Å². The Hall–Kier alpha value is -3.94.